The number of benzene rings is 1. The fraction of sp³-hybridized carbons (Fsp3) is 0.200. The summed E-state index contributed by atoms with van der Waals surface area (Å²) in [6, 6.07) is 8.14. The first-order valence-corrected chi connectivity index (χ1v) is 5.93. The van der Waals surface area contributed by atoms with Gasteiger partial charge in [0.15, 0.2) is 5.11 Å². The molecule has 1 rings (SSSR count). The number of hydrogen-bond donors (Lipinski definition) is 2. The molecule has 3 nitrogen and oxygen atoms in total. The highest BCUT2D eigenvalue weighted by Gasteiger charge is 1.91. The summed E-state index contributed by atoms with van der Waals surface area (Å²) in [5.74, 6) is 1.08. The first-order chi connectivity index (χ1) is 7.22. The lowest BCUT2D eigenvalue weighted by Gasteiger charge is -1.98. The van der Waals surface area contributed by atoms with Crippen LogP contribution in [0.2, 0.25) is 0 Å². The Morgan fingerprint density at radius 1 is 1.53 bits per heavy atom. The van der Waals surface area contributed by atoms with E-state index in [2.05, 4.69) is 41.8 Å². The Kier molecular flexibility index (Phi) is 5.14. The summed E-state index contributed by atoms with van der Waals surface area (Å²) < 4.78 is 0. The predicted octanol–water partition coefficient (Wildman–Crippen LogP) is 1.97. The molecular formula is C10H13N3S2. The van der Waals surface area contributed by atoms with E-state index in [-0.39, 0.29) is 5.11 Å². The summed E-state index contributed by atoms with van der Waals surface area (Å²) in [6.45, 7) is 2.13. The SMILES string of the molecule is CCSc1ccc(C=NNC(N)=S)cc1. The van der Waals surface area contributed by atoms with Gasteiger partial charge in [-0.25, -0.2) is 0 Å². The largest absolute Gasteiger partial charge is 0.375 e. The van der Waals surface area contributed by atoms with Crippen molar-refractivity contribution in [2.75, 3.05) is 5.75 Å². The number of nitrogens with two attached hydrogens (primary N) is 1. The van der Waals surface area contributed by atoms with Crippen molar-refractivity contribution in [3.63, 3.8) is 0 Å². The van der Waals surface area contributed by atoms with Crippen LogP contribution in [0, 0.1) is 0 Å². The molecule has 0 spiro atoms. The van der Waals surface area contributed by atoms with Crippen molar-refractivity contribution in [3.05, 3.63) is 29.8 Å². The van der Waals surface area contributed by atoms with Crippen molar-refractivity contribution in [1.29, 1.82) is 0 Å². The second-order valence-electron chi connectivity index (χ2n) is 2.74. The summed E-state index contributed by atoms with van der Waals surface area (Å²) >= 11 is 6.43. The molecule has 0 radical (unpaired) electrons. The van der Waals surface area contributed by atoms with Crippen molar-refractivity contribution in [1.82, 2.24) is 5.43 Å². The lowest BCUT2D eigenvalue weighted by Crippen LogP contribution is -2.23. The van der Waals surface area contributed by atoms with Crippen LogP contribution in [0.15, 0.2) is 34.3 Å². The summed E-state index contributed by atoms with van der Waals surface area (Å²) in [6.07, 6.45) is 1.68. The third-order valence-corrected chi connectivity index (χ3v) is 2.56. The van der Waals surface area contributed by atoms with Crippen LogP contribution < -0.4 is 11.2 Å². The molecule has 0 aliphatic carbocycles. The second kappa shape index (κ2) is 6.42. The van der Waals surface area contributed by atoms with Gasteiger partial charge < -0.3 is 5.73 Å². The van der Waals surface area contributed by atoms with E-state index >= 15 is 0 Å². The molecule has 0 aromatic heterocycles. The van der Waals surface area contributed by atoms with Crippen LogP contribution in [0.1, 0.15) is 12.5 Å². The monoisotopic (exact) mass is 239 g/mol. The van der Waals surface area contributed by atoms with Crippen molar-refractivity contribution in [3.8, 4) is 0 Å². The van der Waals surface area contributed by atoms with Crippen molar-refractivity contribution in [2.45, 2.75) is 11.8 Å². The minimum Gasteiger partial charge on any atom is -0.375 e. The van der Waals surface area contributed by atoms with Crippen molar-refractivity contribution < 1.29 is 0 Å². The molecular weight excluding hydrogens is 226 g/mol. The maximum Gasteiger partial charge on any atom is 0.184 e. The van der Waals surface area contributed by atoms with E-state index in [0.29, 0.717) is 0 Å². The zero-order valence-electron chi connectivity index (χ0n) is 8.43. The average Bonchev–Trinajstić information content (AvgIpc) is 2.20. The molecule has 0 saturated carbocycles. The molecule has 0 aliphatic rings. The van der Waals surface area contributed by atoms with Gasteiger partial charge in [0, 0.05) is 4.90 Å². The molecule has 5 heteroatoms. The van der Waals surface area contributed by atoms with E-state index in [0.717, 1.165) is 11.3 Å². The Balaban J connectivity index is 2.56. The van der Waals surface area contributed by atoms with E-state index in [4.69, 9.17) is 5.73 Å². The smallest absolute Gasteiger partial charge is 0.184 e. The minimum atomic E-state index is 0.171. The number of thioether (sulfide) groups is 1. The lowest BCUT2D eigenvalue weighted by molar-refractivity contribution is 1.04. The van der Waals surface area contributed by atoms with Gasteiger partial charge in [-0.15, -0.1) is 11.8 Å². The van der Waals surface area contributed by atoms with Gasteiger partial charge in [0.2, 0.25) is 0 Å². The number of hydrazone groups is 1. The molecule has 0 heterocycles. The molecule has 80 valence electrons. The number of hydrogen-bond acceptors (Lipinski definition) is 3. The molecule has 15 heavy (non-hydrogen) atoms. The van der Waals surface area contributed by atoms with Gasteiger partial charge in [0.25, 0.3) is 0 Å². The van der Waals surface area contributed by atoms with Crippen molar-refractivity contribution in [2.24, 2.45) is 10.8 Å². The maximum absolute atomic E-state index is 5.22. The van der Waals surface area contributed by atoms with Gasteiger partial charge in [-0.1, -0.05) is 19.1 Å². The molecule has 0 bridgehead atoms. The first kappa shape index (κ1) is 12.0. The molecule has 0 fully saturated rings. The predicted molar refractivity (Wildman–Crippen MR) is 70.4 cm³/mol. The topological polar surface area (TPSA) is 50.4 Å². The maximum atomic E-state index is 5.22. The Bertz CT molecular complexity index is 346. The molecule has 1 aromatic rings. The summed E-state index contributed by atoms with van der Waals surface area (Å²) in [5, 5.41) is 4.04. The first-order valence-electron chi connectivity index (χ1n) is 4.53. The fourth-order valence-corrected chi connectivity index (χ4v) is 1.70. The van der Waals surface area contributed by atoms with E-state index in [1.165, 1.54) is 4.90 Å². The van der Waals surface area contributed by atoms with Crippen LogP contribution in [0.3, 0.4) is 0 Å². The van der Waals surface area contributed by atoms with E-state index in [9.17, 15) is 0 Å². The molecule has 1 aromatic carbocycles. The molecule has 3 N–H and O–H groups in total. The van der Waals surface area contributed by atoms with Crippen LogP contribution in [0.25, 0.3) is 0 Å². The van der Waals surface area contributed by atoms with Crippen LogP contribution in [-0.2, 0) is 0 Å². The van der Waals surface area contributed by atoms with Crippen LogP contribution >= 0.6 is 24.0 Å². The minimum absolute atomic E-state index is 0.171. The Hall–Kier alpha value is -1.07. The third kappa shape index (κ3) is 4.80. The van der Waals surface area contributed by atoms with Gasteiger partial charge in [0.1, 0.15) is 0 Å². The van der Waals surface area contributed by atoms with Crippen LogP contribution in [0.5, 0.6) is 0 Å². The summed E-state index contributed by atoms with van der Waals surface area (Å²) in [5.41, 5.74) is 8.74. The zero-order valence-corrected chi connectivity index (χ0v) is 10.1. The molecule has 0 atom stereocenters. The fourth-order valence-electron chi connectivity index (χ4n) is 0.987. The average molecular weight is 239 g/mol. The Labute approximate surface area is 99.1 Å². The highest BCUT2D eigenvalue weighted by Crippen LogP contribution is 2.16. The summed E-state index contributed by atoms with van der Waals surface area (Å²) in [7, 11) is 0. The normalized spacial score (nSPS) is 10.5. The molecule has 0 aliphatic heterocycles. The highest BCUT2D eigenvalue weighted by atomic mass is 32.2. The van der Waals surface area contributed by atoms with Gasteiger partial charge in [-0.05, 0) is 35.7 Å². The zero-order chi connectivity index (χ0) is 11.1. The second-order valence-corrected chi connectivity index (χ2v) is 4.51. The Morgan fingerprint density at radius 2 is 2.20 bits per heavy atom. The third-order valence-electron chi connectivity index (χ3n) is 1.58. The highest BCUT2D eigenvalue weighted by molar-refractivity contribution is 7.99. The van der Waals surface area contributed by atoms with Gasteiger partial charge in [0.05, 0.1) is 6.21 Å². The number of rotatable bonds is 4. The van der Waals surface area contributed by atoms with Gasteiger partial charge in [-0.3, -0.25) is 5.43 Å². The van der Waals surface area contributed by atoms with E-state index < -0.39 is 0 Å². The number of nitrogens with zero attached hydrogens (tertiary/aromatic N) is 1. The van der Waals surface area contributed by atoms with Crippen LogP contribution in [-0.4, -0.2) is 17.1 Å². The van der Waals surface area contributed by atoms with Crippen LogP contribution in [0.4, 0.5) is 0 Å². The van der Waals surface area contributed by atoms with Gasteiger partial charge in [-0.2, -0.15) is 5.10 Å². The number of nitrogens with one attached hydrogen (secondary N) is 1. The molecule has 0 saturated heterocycles. The molecule has 0 unspecified atom stereocenters. The molecule has 0 amide bonds. The van der Waals surface area contributed by atoms with E-state index in [1.54, 1.807) is 6.21 Å². The van der Waals surface area contributed by atoms with E-state index in [1.807, 2.05) is 23.9 Å². The van der Waals surface area contributed by atoms with Crippen molar-refractivity contribution >= 4 is 35.3 Å². The quantitative estimate of drug-likeness (QED) is 0.365. The standard InChI is InChI=1S/C10H13N3S2/c1-2-15-9-5-3-8(4-6-9)7-12-13-10(11)14/h3-7H,2H2,1H3,(H3,11,13,14). The number of thiocarbonyl (C=S) groups is 1. The lowest BCUT2D eigenvalue weighted by atomic mass is 10.2. The summed E-state index contributed by atoms with van der Waals surface area (Å²) in [4.78, 5) is 1.26. The van der Waals surface area contributed by atoms with Gasteiger partial charge >= 0.3 is 0 Å². The Morgan fingerprint density at radius 3 is 2.73 bits per heavy atom.